The van der Waals surface area contributed by atoms with Gasteiger partial charge in [-0.25, -0.2) is 0 Å². The molecule has 0 heterocycles. The lowest BCUT2D eigenvalue weighted by Gasteiger charge is -2.33. The van der Waals surface area contributed by atoms with Crippen LogP contribution in [0.15, 0.2) is 121 Å². The summed E-state index contributed by atoms with van der Waals surface area (Å²) in [4.78, 5) is 0. The molecule has 1 unspecified atom stereocenters. The predicted octanol–water partition coefficient (Wildman–Crippen LogP) is 6.32. The first-order valence-corrected chi connectivity index (χ1v) is 11.3. The molecular formula is C26H25BrP+. The Morgan fingerprint density at radius 1 is 0.464 bits per heavy atom. The Labute approximate surface area is 179 Å². The summed E-state index contributed by atoms with van der Waals surface area (Å²) in [5.74, 6) is 0. The van der Waals surface area contributed by atoms with Crippen LogP contribution in [0.3, 0.4) is 0 Å². The monoisotopic (exact) mass is 447 g/mol. The molecule has 28 heavy (non-hydrogen) atoms. The van der Waals surface area contributed by atoms with E-state index in [0.717, 1.165) is 0 Å². The fourth-order valence-electron chi connectivity index (χ4n) is 4.06. The summed E-state index contributed by atoms with van der Waals surface area (Å²) in [6.45, 7) is 2.40. The molecule has 0 spiro atoms. The Bertz CT molecular complexity index is 873. The van der Waals surface area contributed by atoms with Gasteiger partial charge >= 0.3 is 0 Å². The lowest BCUT2D eigenvalue weighted by molar-refractivity contribution is 1.08. The highest BCUT2D eigenvalue weighted by molar-refractivity contribution is 8.93. The lowest BCUT2D eigenvalue weighted by atomic mass is 10.2. The molecule has 1 atom stereocenters. The fraction of sp³-hybridized carbons (Fsp3) is 0.0769. The van der Waals surface area contributed by atoms with Gasteiger partial charge in [0.1, 0.15) is 28.8 Å². The normalized spacial score (nSPS) is 12.0. The second-order valence-corrected chi connectivity index (χ2v) is 10.6. The van der Waals surface area contributed by atoms with E-state index in [1.807, 2.05) is 0 Å². The minimum atomic E-state index is -1.87. The molecule has 0 N–H and O–H groups in total. The van der Waals surface area contributed by atoms with E-state index in [4.69, 9.17) is 0 Å². The Morgan fingerprint density at radius 2 is 0.750 bits per heavy atom. The van der Waals surface area contributed by atoms with Crippen molar-refractivity contribution in [3.05, 3.63) is 127 Å². The largest absolute Gasteiger partial charge is 0.119 e. The standard InChI is InChI=1S/C26H24P.BrH/c1-22(23-14-6-2-7-15-23)27(24-16-8-3-9-17-24,25-18-10-4-11-19-25)26-20-12-5-13-21-26;/h2-22H,1H3;1H/q+1;. The summed E-state index contributed by atoms with van der Waals surface area (Å²) >= 11 is 0. The highest BCUT2D eigenvalue weighted by Crippen LogP contribution is 2.66. The summed E-state index contributed by atoms with van der Waals surface area (Å²) in [6, 6.07) is 44.2. The maximum absolute atomic E-state index is 2.40. The SMILES string of the molecule is Br.CC(c1ccccc1)[P+](c1ccccc1)(c1ccccc1)c1ccccc1. The zero-order chi connectivity index (χ0) is 18.5. The highest BCUT2D eigenvalue weighted by atomic mass is 79.9. The van der Waals surface area contributed by atoms with Gasteiger partial charge in [0, 0.05) is 0 Å². The van der Waals surface area contributed by atoms with Gasteiger partial charge in [0.2, 0.25) is 0 Å². The van der Waals surface area contributed by atoms with E-state index >= 15 is 0 Å². The number of rotatable bonds is 5. The number of halogens is 1. The predicted molar refractivity (Wildman–Crippen MR) is 130 cm³/mol. The Morgan fingerprint density at radius 3 is 1.07 bits per heavy atom. The average Bonchev–Trinajstić information content (AvgIpc) is 2.77. The summed E-state index contributed by atoms with van der Waals surface area (Å²) < 4.78 is 0. The van der Waals surface area contributed by atoms with Crippen molar-refractivity contribution in [3.63, 3.8) is 0 Å². The van der Waals surface area contributed by atoms with E-state index < -0.39 is 7.26 Å². The van der Waals surface area contributed by atoms with E-state index in [2.05, 4.69) is 128 Å². The van der Waals surface area contributed by atoms with Crippen LogP contribution in [-0.2, 0) is 0 Å². The second kappa shape index (κ2) is 9.32. The molecule has 0 saturated heterocycles. The van der Waals surface area contributed by atoms with Gasteiger partial charge in [-0.15, -0.1) is 17.0 Å². The summed E-state index contributed by atoms with van der Waals surface area (Å²) in [5.41, 5.74) is 1.77. The molecule has 0 aliphatic rings. The van der Waals surface area contributed by atoms with Crippen LogP contribution in [0, 0.1) is 0 Å². The van der Waals surface area contributed by atoms with Crippen molar-refractivity contribution in [2.24, 2.45) is 0 Å². The fourth-order valence-corrected chi connectivity index (χ4v) is 8.85. The van der Waals surface area contributed by atoms with Crippen molar-refractivity contribution < 1.29 is 0 Å². The minimum Gasteiger partial charge on any atom is -0.114 e. The van der Waals surface area contributed by atoms with Crippen LogP contribution in [0.25, 0.3) is 0 Å². The van der Waals surface area contributed by atoms with Crippen molar-refractivity contribution in [1.29, 1.82) is 0 Å². The van der Waals surface area contributed by atoms with Crippen LogP contribution < -0.4 is 15.9 Å². The van der Waals surface area contributed by atoms with Crippen molar-refractivity contribution in [3.8, 4) is 0 Å². The van der Waals surface area contributed by atoms with Gasteiger partial charge in [0.05, 0.1) is 0 Å². The molecule has 0 amide bonds. The van der Waals surface area contributed by atoms with E-state index in [0.29, 0.717) is 5.66 Å². The Balaban J connectivity index is 0.00000225. The molecule has 2 heteroatoms. The van der Waals surface area contributed by atoms with E-state index in [1.54, 1.807) is 0 Å². The first kappa shape index (κ1) is 20.5. The van der Waals surface area contributed by atoms with Crippen molar-refractivity contribution >= 4 is 40.2 Å². The molecule has 0 aliphatic carbocycles. The zero-order valence-electron chi connectivity index (χ0n) is 16.0. The van der Waals surface area contributed by atoms with E-state index in [1.165, 1.54) is 21.5 Å². The van der Waals surface area contributed by atoms with Crippen LogP contribution in [-0.4, -0.2) is 0 Å². The molecule has 0 fully saturated rings. The third-order valence-electron chi connectivity index (χ3n) is 5.35. The summed E-state index contributed by atoms with van der Waals surface area (Å²) in [5, 5.41) is 4.29. The maximum atomic E-state index is 2.40. The number of hydrogen-bond acceptors (Lipinski definition) is 0. The van der Waals surface area contributed by atoms with E-state index in [9.17, 15) is 0 Å². The molecule has 0 aromatic heterocycles. The van der Waals surface area contributed by atoms with E-state index in [-0.39, 0.29) is 17.0 Å². The topological polar surface area (TPSA) is 0 Å². The molecule has 140 valence electrons. The average molecular weight is 448 g/mol. The molecule has 0 bridgehead atoms. The molecular weight excluding hydrogens is 423 g/mol. The minimum absolute atomic E-state index is 0. The van der Waals surface area contributed by atoms with Crippen LogP contribution in [0.5, 0.6) is 0 Å². The van der Waals surface area contributed by atoms with Gasteiger partial charge in [-0.3, -0.25) is 0 Å². The zero-order valence-corrected chi connectivity index (χ0v) is 18.6. The maximum Gasteiger partial charge on any atom is 0.119 e. The lowest BCUT2D eigenvalue weighted by Crippen LogP contribution is -2.34. The number of benzene rings is 4. The molecule has 4 aromatic rings. The quantitative estimate of drug-likeness (QED) is 0.314. The van der Waals surface area contributed by atoms with Gasteiger partial charge < -0.3 is 0 Å². The third kappa shape index (κ3) is 3.70. The van der Waals surface area contributed by atoms with Crippen molar-refractivity contribution in [1.82, 2.24) is 0 Å². The smallest absolute Gasteiger partial charge is 0.114 e. The van der Waals surface area contributed by atoms with Gasteiger partial charge in [0.25, 0.3) is 0 Å². The molecule has 0 radical (unpaired) electrons. The van der Waals surface area contributed by atoms with Gasteiger partial charge in [-0.05, 0) is 48.9 Å². The molecule has 0 aliphatic heterocycles. The molecule has 0 saturated carbocycles. The van der Waals surface area contributed by atoms with Gasteiger partial charge in [-0.2, -0.15) is 0 Å². The Hall–Kier alpha value is -2.21. The van der Waals surface area contributed by atoms with Crippen LogP contribution >= 0.6 is 24.2 Å². The van der Waals surface area contributed by atoms with Gasteiger partial charge in [0.15, 0.2) is 0 Å². The van der Waals surface area contributed by atoms with Crippen LogP contribution in [0.2, 0.25) is 0 Å². The second-order valence-electron chi connectivity index (χ2n) is 6.82. The highest BCUT2D eigenvalue weighted by Gasteiger charge is 2.50. The van der Waals surface area contributed by atoms with Crippen LogP contribution in [0.4, 0.5) is 0 Å². The van der Waals surface area contributed by atoms with Crippen molar-refractivity contribution in [2.45, 2.75) is 12.6 Å². The van der Waals surface area contributed by atoms with Gasteiger partial charge in [-0.1, -0.05) is 84.9 Å². The molecule has 4 aromatic carbocycles. The first-order chi connectivity index (χ1) is 13.3. The molecule has 4 rings (SSSR count). The van der Waals surface area contributed by atoms with Crippen molar-refractivity contribution in [2.75, 3.05) is 0 Å². The van der Waals surface area contributed by atoms with Crippen LogP contribution in [0.1, 0.15) is 18.1 Å². The third-order valence-corrected chi connectivity index (χ3v) is 10.2. The summed E-state index contributed by atoms with van der Waals surface area (Å²) in [7, 11) is -1.87. The number of hydrogen-bond donors (Lipinski definition) is 0. The summed E-state index contributed by atoms with van der Waals surface area (Å²) in [6.07, 6.45) is 0. The Kier molecular flexibility index (Phi) is 6.83. The molecule has 0 nitrogen and oxygen atoms in total. The first-order valence-electron chi connectivity index (χ1n) is 9.44.